The summed E-state index contributed by atoms with van der Waals surface area (Å²) in [6.45, 7) is 0.486. The van der Waals surface area contributed by atoms with Crippen molar-refractivity contribution in [1.29, 1.82) is 5.26 Å². The van der Waals surface area contributed by atoms with Gasteiger partial charge in [-0.15, -0.1) is 0 Å². The van der Waals surface area contributed by atoms with Crippen molar-refractivity contribution in [1.82, 2.24) is 9.97 Å². The molecule has 22 heavy (non-hydrogen) atoms. The smallest absolute Gasteiger partial charge is 0.213 e. The molecule has 5 nitrogen and oxygen atoms in total. The van der Waals surface area contributed by atoms with Gasteiger partial charge in [-0.2, -0.15) is 5.26 Å². The van der Waals surface area contributed by atoms with Crippen LogP contribution in [-0.2, 0) is 6.54 Å². The second kappa shape index (κ2) is 5.80. The fourth-order valence-corrected chi connectivity index (χ4v) is 2.39. The molecule has 2 aromatic heterocycles. The van der Waals surface area contributed by atoms with E-state index in [0.717, 1.165) is 27.6 Å². The molecule has 2 N–H and O–H groups in total. The van der Waals surface area contributed by atoms with Gasteiger partial charge in [-0.05, 0) is 11.1 Å². The first-order valence-corrected chi connectivity index (χ1v) is 6.79. The summed E-state index contributed by atoms with van der Waals surface area (Å²) in [6, 6.07) is 11.8. The standard InChI is InChI=1S/C17H14N4O/c1-22-16-6-14-15(10-21-16)20-9-13(8-19)17(14)12-4-2-11(7-18)3-5-12/h2-6,9-10H,7,18H2,1H3. The van der Waals surface area contributed by atoms with Crippen LogP contribution in [0.25, 0.3) is 22.0 Å². The maximum absolute atomic E-state index is 9.41. The Morgan fingerprint density at radius 1 is 1.18 bits per heavy atom. The summed E-state index contributed by atoms with van der Waals surface area (Å²) in [5, 5.41) is 10.2. The van der Waals surface area contributed by atoms with E-state index in [2.05, 4.69) is 16.0 Å². The molecule has 0 atom stereocenters. The van der Waals surface area contributed by atoms with Crippen LogP contribution in [0, 0.1) is 11.3 Å². The van der Waals surface area contributed by atoms with Crippen molar-refractivity contribution in [3.63, 3.8) is 0 Å². The van der Waals surface area contributed by atoms with E-state index >= 15 is 0 Å². The van der Waals surface area contributed by atoms with E-state index in [1.54, 1.807) is 25.6 Å². The molecule has 0 spiro atoms. The lowest BCUT2D eigenvalue weighted by molar-refractivity contribution is 0.398. The molecule has 0 aliphatic heterocycles. The van der Waals surface area contributed by atoms with Crippen LogP contribution in [0.15, 0.2) is 42.7 Å². The minimum atomic E-state index is 0.486. The zero-order chi connectivity index (χ0) is 15.5. The molecule has 0 unspecified atom stereocenters. The first kappa shape index (κ1) is 14.0. The summed E-state index contributed by atoms with van der Waals surface area (Å²) in [6.07, 6.45) is 3.22. The third-order valence-corrected chi connectivity index (χ3v) is 3.54. The van der Waals surface area contributed by atoms with Gasteiger partial charge >= 0.3 is 0 Å². The monoisotopic (exact) mass is 290 g/mol. The van der Waals surface area contributed by atoms with E-state index in [1.807, 2.05) is 24.3 Å². The normalized spacial score (nSPS) is 10.4. The Labute approximate surface area is 128 Å². The van der Waals surface area contributed by atoms with Gasteiger partial charge in [0.25, 0.3) is 0 Å². The predicted octanol–water partition coefficient (Wildman–Crippen LogP) is 2.64. The molecule has 0 aliphatic rings. The minimum absolute atomic E-state index is 0.486. The Morgan fingerprint density at radius 3 is 2.59 bits per heavy atom. The van der Waals surface area contributed by atoms with Crippen LogP contribution in [0.3, 0.4) is 0 Å². The molecule has 0 saturated heterocycles. The molecule has 3 aromatic rings. The molecular formula is C17H14N4O. The number of nitriles is 1. The first-order chi connectivity index (χ1) is 10.8. The number of ether oxygens (including phenoxy) is 1. The van der Waals surface area contributed by atoms with Gasteiger partial charge in [0.05, 0.1) is 24.4 Å². The number of pyridine rings is 2. The zero-order valence-corrected chi connectivity index (χ0v) is 12.1. The van der Waals surface area contributed by atoms with E-state index in [0.29, 0.717) is 18.0 Å². The van der Waals surface area contributed by atoms with Gasteiger partial charge in [0.15, 0.2) is 0 Å². The van der Waals surface area contributed by atoms with E-state index in [-0.39, 0.29) is 0 Å². The third kappa shape index (κ3) is 2.36. The lowest BCUT2D eigenvalue weighted by Crippen LogP contribution is -1.96. The van der Waals surface area contributed by atoms with Gasteiger partial charge in [0.2, 0.25) is 5.88 Å². The molecule has 3 rings (SSSR count). The van der Waals surface area contributed by atoms with Gasteiger partial charge in [-0.3, -0.25) is 4.98 Å². The molecule has 0 radical (unpaired) electrons. The number of aromatic nitrogens is 2. The highest BCUT2D eigenvalue weighted by Gasteiger charge is 2.12. The molecular weight excluding hydrogens is 276 g/mol. The van der Waals surface area contributed by atoms with Crippen LogP contribution in [0.5, 0.6) is 5.88 Å². The fourth-order valence-electron chi connectivity index (χ4n) is 2.39. The van der Waals surface area contributed by atoms with Gasteiger partial charge in [-0.25, -0.2) is 4.98 Å². The van der Waals surface area contributed by atoms with E-state index < -0.39 is 0 Å². The van der Waals surface area contributed by atoms with Gasteiger partial charge in [-0.1, -0.05) is 24.3 Å². The average molecular weight is 290 g/mol. The third-order valence-electron chi connectivity index (χ3n) is 3.54. The number of benzene rings is 1. The fraction of sp³-hybridized carbons (Fsp3) is 0.118. The number of methoxy groups -OCH3 is 1. The maximum Gasteiger partial charge on any atom is 0.213 e. The number of nitrogens with zero attached hydrogens (tertiary/aromatic N) is 3. The number of hydrogen-bond donors (Lipinski definition) is 1. The number of fused-ring (bicyclic) bond motifs is 1. The number of rotatable bonds is 3. The maximum atomic E-state index is 9.41. The highest BCUT2D eigenvalue weighted by atomic mass is 16.5. The highest BCUT2D eigenvalue weighted by Crippen LogP contribution is 2.32. The van der Waals surface area contributed by atoms with Crippen molar-refractivity contribution in [3.8, 4) is 23.1 Å². The quantitative estimate of drug-likeness (QED) is 0.801. The van der Waals surface area contributed by atoms with Crippen LogP contribution in [0.4, 0.5) is 0 Å². The molecule has 1 aromatic carbocycles. The lowest BCUT2D eigenvalue weighted by Gasteiger charge is -2.10. The molecule has 0 saturated carbocycles. The summed E-state index contributed by atoms with van der Waals surface area (Å²) < 4.78 is 5.18. The Kier molecular flexibility index (Phi) is 3.69. The van der Waals surface area contributed by atoms with Crippen LogP contribution >= 0.6 is 0 Å². The number of nitrogens with two attached hydrogens (primary N) is 1. The first-order valence-electron chi connectivity index (χ1n) is 6.79. The summed E-state index contributed by atoms with van der Waals surface area (Å²) in [5.41, 5.74) is 9.68. The van der Waals surface area contributed by atoms with E-state index in [1.165, 1.54) is 0 Å². The predicted molar refractivity (Wildman–Crippen MR) is 84.1 cm³/mol. The SMILES string of the molecule is COc1cc2c(-c3ccc(CN)cc3)c(C#N)cnc2cn1. The van der Waals surface area contributed by atoms with E-state index in [4.69, 9.17) is 10.5 Å². The van der Waals surface area contributed by atoms with Crippen molar-refractivity contribution in [2.24, 2.45) is 5.73 Å². The Balaban J connectivity index is 2.30. The van der Waals surface area contributed by atoms with E-state index in [9.17, 15) is 5.26 Å². The molecule has 2 heterocycles. The molecule has 0 fully saturated rings. The second-order valence-corrected chi connectivity index (χ2v) is 4.80. The summed E-state index contributed by atoms with van der Waals surface area (Å²) in [7, 11) is 1.56. The molecule has 0 bridgehead atoms. The zero-order valence-electron chi connectivity index (χ0n) is 12.1. The Hall–Kier alpha value is -2.97. The van der Waals surface area contributed by atoms with Gasteiger partial charge in [0, 0.05) is 29.8 Å². The Morgan fingerprint density at radius 2 is 1.95 bits per heavy atom. The summed E-state index contributed by atoms with van der Waals surface area (Å²) in [4.78, 5) is 8.45. The van der Waals surface area contributed by atoms with Gasteiger partial charge < -0.3 is 10.5 Å². The lowest BCUT2D eigenvalue weighted by atomic mass is 9.97. The topological polar surface area (TPSA) is 84.8 Å². The van der Waals surface area contributed by atoms with Crippen molar-refractivity contribution >= 4 is 10.9 Å². The van der Waals surface area contributed by atoms with Crippen LogP contribution in [0.2, 0.25) is 0 Å². The highest BCUT2D eigenvalue weighted by molar-refractivity contribution is 5.97. The van der Waals surface area contributed by atoms with Crippen LogP contribution in [-0.4, -0.2) is 17.1 Å². The van der Waals surface area contributed by atoms with Crippen LogP contribution in [0.1, 0.15) is 11.1 Å². The molecule has 108 valence electrons. The summed E-state index contributed by atoms with van der Waals surface area (Å²) >= 11 is 0. The Bertz CT molecular complexity index is 866. The minimum Gasteiger partial charge on any atom is -0.481 e. The van der Waals surface area contributed by atoms with Crippen molar-refractivity contribution < 1.29 is 4.74 Å². The summed E-state index contributed by atoms with van der Waals surface area (Å²) in [5.74, 6) is 0.490. The molecule has 0 amide bonds. The van der Waals surface area contributed by atoms with Crippen LogP contribution < -0.4 is 10.5 Å². The average Bonchev–Trinajstić information content (AvgIpc) is 2.60. The molecule has 0 aliphatic carbocycles. The second-order valence-electron chi connectivity index (χ2n) is 4.80. The van der Waals surface area contributed by atoms with Gasteiger partial charge in [0.1, 0.15) is 6.07 Å². The van der Waals surface area contributed by atoms with Crippen molar-refractivity contribution in [3.05, 3.63) is 53.9 Å². The largest absolute Gasteiger partial charge is 0.481 e. The van der Waals surface area contributed by atoms with Crippen molar-refractivity contribution in [2.75, 3.05) is 7.11 Å². The molecule has 5 heteroatoms. The number of hydrogen-bond acceptors (Lipinski definition) is 5. The van der Waals surface area contributed by atoms with Crippen molar-refractivity contribution in [2.45, 2.75) is 6.54 Å².